The molecule has 88 valence electrons. The third-order valence-corrected chi connectivity index (χ3v) is 2.59. The van der Waals surface area contributed by atoms with Crippen molar-refractivity contribution in [1.29, 1.82) is 0 Å². The molecule has 0 bridgehead atoms. The minimum absolute atomic E-state index is 0.234. The lowest BCUT2D eigenvalue weighted by Gasteiger charge is -2.10. The lowest BCUT2D eigenvalue weighted by Crippen LogP contribution is -2.12. The summed E-state index contributed by atoms with van der Waals surface area (Å²) < 4.78 is 4.99. The van der Waals surface area contributed by atoms with Crippen molar-refractivity contribution in [2.24, 2.45) is 0 Å². The molecule has 0 aliphatic rings. The number of carbonyl (C=O) groups excluding carboxylic acids is 1. The van der Waals surface area contributed by atoms with Gasteiger partial charge in [0.15, 0.2) is 5.76 Å². The monoisotopic (exact) mass is 250 g/mol. The number of nitrogens with two attached hydrogens (primary N) is 1. The number of aryl methyl sites for hydroxylation is 1. The van der Waals surface area contributed by atoms with Gasteiger partial charge < -0.3 is 15.5 Å². The van der Waals surface area contributed by atoms with Crippen molar-refractivity contribution >= 4 is 28.9 Å². The number of hydrogen-bond donors (Lipinski definition) is 2. The van der Waals surface area contributed by atoms with Gasteiger partial charge in [0.05, 0.1) is 17.0 Å². The molecule has 0 fully saturated rings. The maximum absolute atomic E-state index is 11.8. The normalized spacial score (nSPS) is 10.2. The van der Waals surface area contributed by atoms with Gasteiger partial charge in [-0.3, -0.25) is 4.79 Å². The van der Waals surface area contributed by atoms with Crippen LogP contribution in [0.15, 0.2) is 34.9 Å². The van der Waals surface area contributed by atoms with E-state index in [1.54, 1.807) is 24.3 Å². The van der Waals surface area contributed by atoms with Crippen LogP contribution in [-0.2, 0) is 0 Å². The first kappa shape index (κ1) is 11.5. The molecular formula is C12H11ClN2O2. The van der Waals surface area contributed by atoms with Crippen molar-refractivity contribution in [3.63, 3.8) is 0 Å². The fourth-order valence-electron chi connectivity index (χ4n) is 1.51. The zero-order valence-electron chi connectivity index (χ0n) is 9.16. The first-order valence-corrected chi connectivity index (χ1v) is 5.36. The Labute approximate surface area is 103 Å². The van der Waals surface area contributed by atoms with E-state index in [1.165, 1.54) is 6.26 Å². The molecule has 0 radical (unpaired) electrons. The summed E-state index contributed by atoms with van der Waals surface area (Å²) in [7, 11) is 0. The Hall–Kier alpha value is -1.94. The van der Waals surface area contributed by atoms with Gasteiger partial charge in [-0.15, -0.1) is 0 Å². The maximum Gasteiger partial charge on any atom is 0.291 e. The molecule has 0 aliphatic heterocycles. The van der Waals surface area contributed by atoms with E-state index in [1.807, 2.05) is 6.92 Å². The second kappa shape index (κ2) is 4.51. The van der Waals surface area contributed by atoms with E-state index >= 15 is 0 Å². The highest BCUT2D eigenvalue weighted by molar-refractivity contribution is 6.34. The second-order valence-corrected chi connectivity index (χ2v) is 4.03. The molecule has 0 spiro atoms. The largest absolute Gasteiger partial charge is 0.459 e. The number of rotatable bonds is 2. The minimum atomic E-state index is -0.343. The van der Waals surface area contributed by atoms with Crippen molar-refractivity contribution in [1.82, 2.24) is 0 Å². The van der Waals surface area contributed by atoms with Crippen molar-refractivity contribution in [2.75, 3.05) is 11.1 Å². The standard InChI is InChI=1S/C12H11ClN2O2/c1-7-5-8(14)6-9(13)11(7)15-12(16)10-3-2-4-17-10/h2-6H,14H2,1H3,(H,15,16). The van der Waals surface area contributed by atoms with Gasteiger partial charge in [0.2, 0.25) is 0 Å². The zero-order valence-corrected chi connectivity index (χ0v) is 9.91. The van der Waals surface area contributed by atoms with Crippen LogP contribution in [0.5, 0.6) is 0 Å². The highest BCUT2D eigenvalue weighted by atomic mass is 35.5. The van der Waals surface area contributed by atoms with Gasteiger partial charge in [0, 0.05) is 5.69 Å². The third kappa shape index (κ3) is 2.42. The zero-order chi connectivity index (χ0) is 12.4. The predicted molar refractivity (Wildman–Crippen MR) is 67.3 cm³/mol. The Morgan fingerprint density at radius 3 is 2.82 bits per heavy atom. The van der Waals surface area contributed by atoms with E-state index < -0.39 is 0 Å². The Kier molecular flexibility index (Phi) is 3.06. The van der Waals surface area contributed by atoms with Gasteiger partial charge in [-0.2, -0.15) is 0 Å². The molecule has 0 saturated heterocycles. The Balaban J connectivity index is 2.28. The number of amides is 1. The summed E-state index contributed by atoms with van der Waals surface area (Å²) in [5, 5.41) is 3.09. The number of halogens is 1. The van der Waals surface area contributed by atoms with Crippen LogP contribution in [0.25, 0.3) is 0 Å². The van der Waals surface area contributed by atoms with E-state index in [4.69, 9.17) is 21.8 Å². The van der Waals surface area contributed by atoms with Crippen LogP contribution >= 0.6 is 11.6 Å². The number of hydrogen-bond acceptors (Lipinski definition) is 3. The molecule has 5 heteroatoms. The van der Waals surface area contributed by atoms with Gasteiger partial charge in [0.25, 0.3) is 5.91 Å². The van der Waals surface area contributed by atoms with E-state index in [0.29, 0.717) is 16.4 Å². The van der Waals surface area contributed by atoms with Gasteiger partial charge in [-0.25, -0.2) is 0 Å². The molecule has 2 rings (SSSR count). The van der Waals surface area contributed by atoms with Gasteiger partial charge in [-0.05, 0) is 36.8 Å². The van der Waals surface area contributed by atoms with Gasteiger partial charge >= 0.3 is 0 Å². The first-order chi connectivity index (χ1) is 8.08. The van der Waals surface area contributed by atoms with Crippen LogP contribution in [0.4, 0.5) is 11.4 Å². The lowest BCUT2D eigenvalue weighted by atomic mass is 10.1. The molecule has 0 saturated carbocycles. The van der Waals surface area contributed by atoms with Gasteiger partial charge in [0.1, 0.15) is 0 Å². The third-order valence-electron chi connectivity index (χ3n) is 2.29. The smallest absolute Gasteiger partial charge is 0.291 e. The van der Waals surface area contributed by atoms with Crippen LogP contribution in [0, 0.1) is 6.92 Å². The molecule has 1 heterocycles. The summed E-state index contributed by atoms with van der Waals surface area (Å²) in [6.45, 7) is 1.82. The topological polar surface area (TPSA) is 68.3 Å². The average Bonchev–Trinajstić information content (AvgIpc) is 2.76. The molecule has 0 unspecified atom stereocenters. The lowest BCUT2D eigenvalue weighted by molar-refractivity contribution is 0.0996. The highest BCUT2D eigenvalue weighted by Crippen LogP contribution is 2.28. The quantitative estimate of drug-likeness (QED) is 0.805. The molecule has 2 aromatic rings. The molecule has 17 heavy (non-hydrogen) atoms. The summed E-state index contributed by atoms with van der Waals surface area (Å²) in [4.78, 5) is 11.8. The molecule has 1 amide bonds. The number of nitrogen functional groups attached to an aromatic ring is 1. The predicted octanol–water partition coefficient (Wildman–Crippen LogP) is 3.08. The minimum Gasteiger partial charge on any atom is -0.459 e. The Morgan fingerprint density at radius 1 is 1.47 bits per heavy atom. The summed E-state index contributed by atoms with van der Waals surface area (Å²) in [6.07, 6.45) is 1.44. The van der Waals surface area contributed by atoms with Crippen LogP contribution < -0.4 is 11.1 Å². The highest BCUT2D eigenvalue weighted by Gasteiger charge is 2.13. The fraction of sp³-hybridized carbons (Fsp3) is 0.0833. The summed E-state index contributed by atoms with van der Waals surface area (Å²) in [5.74, 6) is -0.109. The molecule has 4 nitrogen and oxygen atoms in total. The average molecular weight is 251 g/mol. The van der Waals surface area contributed by atoms with Crippen molar-refractivity contribution < 1.29 is 9.21 Å². The number of anilines is 2. The van der Waals surface area contributed by atoms with E-state index in [2.05, 4.69) is 5.32 Å². The van der Waals surface area contributed by atoms with E-state index in [-0.39, 0.29) is 11.7 Å². The second-order valence-electron chi connectivity index (χ2n) is 3.63. The molecule has 0 atom stereocenters. The molecule has 0 aliphatic carbocycles. The molecular weight excluding hydrogens is 240 g/mol. The van der Waals surface area contributed by atoms with Crippen molar-refractivity contribution in [3.05, 3.63) is 46.9 Å². The van der Waals surface area contributed by atoms with Crippen molar-refractivity contribution in [2.45, 2.75) is 6.92 Å². The van der Waals surface area contributed by atoms with E-state index in [9.17, 15) is 4.79 Å². The van der Waals surface area contributed by atoms with Crippen LogP contribution in [0.2, 0.25) is 5.02 Å². The van der Waals surface area contributed by atoms with E-state index in [0.717, 1.165) is 5.56 Å². The number of carbonyl (C=O) groups is 1. The van der Waals surface area contributed by atoms with Gasteiger partial charge in [-0.1, -0.05) is 11.6 Å². The van der Waals surface area contributed by atoms with Crippen LogP contribution in [0.1, 0.15) is 16.1 Å². The molecule has 1 aromatic heterocycles. The fourth-order valence-corrected chi connectivity index (χ4v) is 1.83. The maximum atomic E-state index is 11.8. The SMILES string of the molecule is Cc1cc(N)cc(Cl)c1NC(=O)c1ccco1. The van der Waals surface area contributed by atoms with Crippen LogP contribution in [-0.4, -0.2) is 5.91 Å². The summed E-state index contributed by atoms with van der Waals surface area (Å²) in [5.41, 5.74) is 7.54. The Bertz CT molecular complexity index is 527. The van der Waals surface area contributed by atoms with Crippen molar-refractivity contribution in [3.8, 4) is 0 Å². The first-order valence-electron chi connectivity index (χ1n) is 4.98. The summed E-state index contributed by atoms with van der Waals surface area (Å²) in [6, 6.07) is 6.55. The summed E-state index contributed by atoms with van der Waals surface area (Å²) >= 11 is 6.01. The van der Waals surface area contributed by atoms with Crippen LogP contribution in [0.3, 0.4) is 0 Å². The number of nitrogens with one attached hydrogen (secondary N) is 1. The molecule has 3 N–H and O–H groups in total. The molecule has 1 aromatic carbocycles. The number of furan rings is 1. The Morgan fingerprint density at radius 2 is 2.24 bits per heavy atom. The number of benzene rings is 1.